The van der Waals surface area contributed by atoms with Gasteiger partial charge in [0.1, 0.15) is 22.4 Å². The molecule has 1 atom stereocenters. The molecule has 0 spiro atoms. The number of aromatic nitrogens is 1. The normalized spacial score (nSPS) is 18.3. The van der Waals surface area contributed by atoms with Gasteiger partial charge in [0.2, 0.25) is 0 Å². The Kier molecular flexibility index (Phi) is 6.28. The molecule has 1 unspecified atom stereocenters. The number of aliphatic hydroxyl groups is 1. The average molecular weight is 475 g/mol. The minimum atomic E-state index is -0.260. The lowest BCUT2D eigenvalue weighted by Crippen LogP contribution is -2.35. The molecule has 0 radical (unpaired) electrons. The van der Waals surface area contributed by atoms with Gasteiger partial charge in [-0.25, -0.2) is 4.98 Å². The number of para-hydroxylation sites is 1. The van der Waals surface area contributed by atoms with Crippen molar-refractivity contribution in [2.24, 2.45) is 0 Å². The summed E-state index contributed by atoms with van der Waals surface area (Å²) in [6.07, 6.45) is 3.25. The highest BCUT2D eigenvalue weighted by molar-refractivity contribution is 7.11. The summed E-state index contributed by atoms with van der Waals surface area (Å²) in [5, 5.41) is 22.4. The fourth-order valence-corrected chi connectivity index (χ4v) is 5.70. The number of amidine groups is 1. The molecule has 0 saturated carbocycles. The quantitative estimate of drug-likeness (QED) is 0.466. The second-order valence-corrected chi connectivity index (χ2v) is 9.68. The first-order valence-corrected chi connectivity index (χ1v) is 12.7. The first-order chi connectivity index (χ1) is 16.6. The lowest BCUT2D eigenvalue weighted by molar-refractivity contribution is 0.286. The van der Waals surface area contributed by atoms with Gasteiger partial charge >= 0.3 is 0 Å². The second-order valence-electron chi connectivity index (χ2n) is 8.82. The van der Waals surface area contributed by atoms with Crippen molar-refractivity contribution >= 4 is 28.4 Å². The topological polar surface area (TPSA) is 72.7 Å². The molecule has 1 aromatic heterocycles. The highest BCUT2D eigenvalue weighted by atomic mass is 32.1. The van der Waals surface area contributed by atoms with E-state index >= 15 is 0 Å². The molecule has 3 heterocycles. The molecular formula is C27H30N4O2S. The third-order valence-electron chi connectivity index (χ3n) is 6.81. The average Bonchev–Trinajstić information content (AvgIpc) is 3.61. The highest BCUT2D eigenvalue weighted by Gasteiger charge is 2.36. The van der Waals surface area contributed by atoms with Crippen LogP contribution in [0.25, 0.3) is 16.8 Å². The monoisotopic (exact) mass is 474 g/mol. The van der Waals surface area contributed by atoms with Crippen LogP contribution in [0.1, 0.15) is 30.3 Å². The van der Waals surface area contributed by atoms with E-state index in [1.54, 1.807) is 7.11 Å². The first kappa shape index (κ1) is 22.5. The van der Waals surface area contributed by atoms with Gasteiger partial charge in [-0.3, -0.25) is 5.41 Å². The molecule has 34 heavy (non-hydrogen) atoms. The number of hydrogen-bond acceptors (Lipinski definition) is 6. The molecule has 176 valence electrons. The van der Waals surface area contributed by atoms with Gasteiger partial charge in [-0.1, -0.05) is 30.3 Å². The van der Waals surface area contributed by atoms with Crippen molar-refractivity contribution in [3.63, 3.8) is 0 Å². The smallest absolute Gasteiger partial charge is 0.135 e. The van der Waals surface area contributed by atoms with E-state index in [0.717, 1.165) is 42.1 Å². The zero-order valence-electron chi connectivity index (χ0n) is 19.6. The molecular weight excluding hydrogens is 444 g/mol. The van der Waals surface area contributed by atoms with E-state index in [2.05, 4.69) is 29.2 Å². The summed E-state index contributed by atoms with van der Waals surface area (Å²) in [5.74, 6) is 1.39. The Morgan fingerprint density at radius 1 is 1.12 bits per heavy atom. The maximum absolute atomic E-state index is 10.9. The fourth-order valence-electron chi connectivity index (χ4n) is 4.82. The standard InChI is InChI=1S/C27H30N4O2S/c1-18-25(32)24(26(28)31(18)16-13-20-7-3-4-8-23(20)33-2)27-29-22(17-34-27)19-9-11-21(12-10-19)30-14-5-6-15-30/h3-4,7-12,17-18,28,32H,5-6,13-16H2,1-2H3. The molecule has 0 bridgehead atoms. The number of rotatable bonds is 7. The largest absolute Gasteiger partial charge is 0.509 e. The zero-order valence-corrected chi connectivity index (χ0v) is 20.4. The molecule has 1 fully saturated rings. The van der Waals surface area contributed by atoms with Crippen molar-refractivity contribution in [3.8, 4) is 17.0 Å². The minimum absolute atomic E-state index is 0.218. The van der Waals surface area contributed by atoms with Gasteiger partial charge in [-0.2, -0.15) is 0 Å². The number of nitrogens with one attached hydrogen (secondary N) is 1. The van der Waals surface area contributed by atoms with Crippen molar-refractivity contribution in [1.82, 2.24) is 9.88 Å². The van der Waals surface area contributed by atoms with Gasteiger partial charge in [0, 0.05) is 36.3 Å². The Bertz CT molecular complexity index is 1210. The van der Waals surface area contributed by atoms with Crippen molar-refractivity contribution in [3.05, 3.63) is 70.2 Å². The molecule has 2 aliphatic rings. The van der Waals surface area contributed by atoms with Crippen LogP contribution in [0.15, 0.2) is 59.7 Å². The summed E-state index contributed by atoms with van der Waals surface area (Å²) >= 11 is 1.48. The predicted octanol–water partition coefficient (Wildman–Crippen LogP) is 5.61. The number of ether oxygens (including phenoxy) is 1. The van der Waals surface area contributed by atoms with Gasteiger partial charge in [0.05, 0.1) is 24.4 Å². The van der Waals surface area contributed by atoms with E-state index in [1.807, 2.05) is 41.5 Å². The predicted molar refractivity (Wildman–Crippen MR) is 139 cm³/mol. The van der Waals surface area contributed by atoms with Crippen LogP contribution in [0.5, 0.6) is 5.75 Å². The van der Waals surface area contributed by atoms with Crippen LogP contribution < -0.4 is 9.64 Å². The SMILES string of the molecule is COc1ccccc1CCN1C(=N)C(c2nc(-c3ccc(N4CCCC4)cc3)cs2)=C(O)C1C. The number of methoxy groups -OCH3 is 1. The van der Waals surface area contributed by atoms with Crippen molar-refractivity contribution in [2.75, 3.05) is 31.6 Å². The van der Waals surface area contributed by atoms with E-state index in [0.29, 0.717) is 23.0 Å². The fraction of sp³-hybridized carbons (Fsp3) is 0.333. The van der Waals surface area contributed by atoms with E-state index < -0.39 is 0 Å². The van der Waals surface area contributed by atoms with Crippen LogP contribution in [-0.2, 0) is 6.42 Å². The minimum Gasteiger partial charge on any atom is -0.509 e. The molecule has 7 heteroatoms. The molecule has 5 rings (SSSR count). The van der Waals surface area contributed by atoms with E-state index in [-0.39, 0.29) is 11.8 Å². The van der Waals surface area contributed by atoms with E-state index in [1.165, 1.54) is 29.9 Å². The summed E-state index contributed by atoms with van der Waals surface area (Å²) in [5.41, 5.74) is 4.82. The lowest BCUT2D eigenvalue weighted by Gasteiger charge is -2.24. The van der Waals surface area contributed by atoms with Gasteiger partial charge in [0.15, 0.2) is 0 Å². The van der Waals surface area contributed by atoms with Gasteiger partial charge in [-0.15, -0.1) is 11.3 Å². The lowest BCUT2D eigenvalue weighted by atomic mass is 10.1. The number of anilines is 1. The van der Waals surface area contributed by atoms with Gasteiger partial charge < -0.3 is 19.6 Å². The van der Waals surface area contributed by atoms with Crippen molar-refractivity contribution in [2.45, 2.75) is 32.2 Å². The number of hydrogen-bond donors (Lipinski definition) is 2. The summed E-state index contributed by atoms with van der Waals surface area (Å²) in [6, 6.07) is 16.2. The van der Waals surface area contributed by atoms with Crippen LogP contribution >= 0.6 is 11.3 Å². The molecule has 1 saturated heterocycles. The van der Waals surface area contributed by atoms with E-state index in [4.69, 9.17) is 15.1 Å². The van der Waals surface area contributed by atoms with Crippen LogP contribution in [0.3, 0.4) is 0 Å². The van der Waals surface area contributed by atoms with Gasteiger partial charge in [0.25, 0.3) is 0 Å². The summed E-state index contributed by atoms with van der Waals surface area (Å²) < 4.78 is 5.46. The van der Waals surface area contributed by atoms with Crippen LogP contribution in [0.4, 0.5) is 5.69 Å². The Morgan fingerprint density at radius 2 is 1.85 bits per heavy atom. The first-order valence-electron chi connectivity index (χ1n) is 11.8. The second kappa shape index (κ2) is 9.50. The molecule has 3 aromatic rings. The van der Waals surface area contributed by atoms with E-state index in [9.17, 15) is 5.11 Å². The Hall–Kier alpha value is -3.32. The maximum atomic E-state index is 10.9. The molecule has 2 aliphatic heterocycles. The summed E-state index contributed by atoms with van der Waals surface area (Å²) in [4.78, 5) is 9.15. The number of nitrogens with zero attached hydrogens (tertiary/aromatic N) is 3. The van der Waals surface area contributed by atoms with Crippen LogP contribution in [-0.4, -0.2) is 53.6 Å². The Morgan fingerprint density at radius 3 is 2.59 bits per heavy atom. The Balaban J connectivity index is 1.31. The van der Waals surface area contributed by atoms with Crippen molar-refractivity contribution < 1.29 is 9.84 Å². The Labute approximate surface area is 204 Å². The molecule has 0 aliphatic carbocycles. The van der Waals surface area contributed by atoms with Crippen molar-refractivity contribution in [1.29, 1.82) is 5.41 Å². The van der Waals surface area contributed by atoms with Crippen LogP contribution in [0, 0.1) is 5.41 Å². The maximum Gasteiger partial charge on any atom is 0.135 e. The number of aliphatic hydroxyl groups excluding tert-OH is 1. The molecule has 0 amide bonds. The third-order valence-corrected chi connectivity index (χ3v) is 7.67. The molecule has 6 nitrogen and oxygen atoms in total. The molecule has 2 aromatic carbocycles. The third kappa shape index (κ3) is 4.16. The zero-order chi connectivity index (χ0) is 23.7. The van der Waals surface area contributed by atoms with Gasteiger partial charge in [-0.05, 0) is 49.9 Å². The summed E-state index contributed by atoms with van der Waals surface area (Å²) in [6.45, 7) is 4.80. The number of benzene rings is 2. The highest BCUT2D eigenvalue weighted by Crippen LogP contribution is 2.36. The van der Waals surface area contributed by atoms with Crippen LogP contribution in [0.2, 0.25) is 0 Å². The molecule has 2 N–H and O–H groups in total. The summed E-state index contributed by atoms with van der Waals surface area (Å²) in [7, 11) is 1.67. The number of thiazole rings is 1.